The van der Waals surface area contributed by atoms with Crippen molar-refractivity contribution >= 4 is 7.85 Å². The maximum atomic E-state index is 9.17. The number of rotatable bonds is 1. The van der Waals surface area contributed by atoms with E-state index in [4.69, 9.17) is 17.7 Å². The quantitative estimate of drug-likeness (QED) is 0.462. The fraction of sp³-hybridized carbons (Fsp3) is 1.00. The normalized spacial score (nSPS) is 47.9. The molecular weight excluding hydrogens is 131 g/mol. The Labute approximate surface area is 61.4 Å². The topological polar surface area (TPSA) is 49.7 Å². The molecule has 0 saturated carbocycles. The second kappa shape index (κ2) is 2.90. The standard InChI is InChI=1S/C6H11BO3/c1-2-3-4(8)5(9)6(7)10-3/h3-6,8-9H,2H2,1H3/t3-,4?,5?,6-/m1/s1. The van der Waals surface area contributed by atoms with Gasteiger partial charge in [0.05, 0.1) is 12.2 Å². The SMILES string of the molecule is [B][C@@H]1O[C@H](CC)C(O)C1O. The van der Waals surface area contributed by atoms with Crippen LogP contribution in [-0.4, -0.2) is 42.4 Å². The first-order valence-electron chi connectivity index (χ1n) is 3.44. The van der Waals surface area contributed by atoms with Crippen LogP contribution in [-0.2, 0) is 4.74 Å². The van der Waals surface area contributed by atoms with Crippen molar-refractivity contribution in [1.29, 1.82) is 0 Å². The molecule has 0 aromatic rings. The van der Waals surface area contributed by atoms with Crippen LogP contribution in [0, 0.1) is 0 Å². The van der Waals surface area contributed by atoms with Gasteiger partial charge >= 0.3 is 0 Å². The lowest BCUT2D eigenvalue weighted by Gasteiger charge is -2.11. The Morgan fingerprint density at radius 1 is 1.40 bits per heavy atom. The molecule has 1 saturated heterocycles. The lowest BCUT2D eigenvalue weighted by molar-refractivity contribution is 0.0210. The molecule has 1 aliphatic heterocycles. The zero-order valence-corrected chi connectivity index (χ0v) is 5.90. The molecule has 0 spiro atoms. The van der Waals surface area contributed by atoms with Crippen molar-refractivity contribution in [3.63, 3.8) is 0 Å². The molecule has 0 amide bonds. The Kier molecular flexibility index (Phi) is 2.34. The Hall–Kier alpha value is -0.0551. The van der Waals surface area contributed by atoms with Crippen LogP contribution < -0.4 is 0 Å². The minimum absolute atomic E-state index is 0.301. The van der Waals surface area contributed by atoms with E-state index in [1.807, 2.05) is 6.92 Å². The highest BCUT2D eigenvalue weighted by molar-refractivity contribution is 6.11. The molecule has 2 N–H and O–H groups in total. The van der Waals surface area contributed by atoms with E-state index >= 15 is 0 Å². The van der Waals surface area contributed by atoms with Gasteiger partial charge in [0.2, 0.25) is 0 Å². The highest BCUT2D eigenvalue weighted by Crippen LogP contribution is 2.20. The molecule has 1 heterocycles. The fourth-order valence-electron chi connectivity index (χ4n) is 1.11. The van der Waals surface area contributed by atoms with E-state index in [1.54, 1.807) is 0 Å². The van der Waals surface area contributed by atoms with Gasteiger partial charge in [-0.3, -0.25) is 0 Å². The highest BCUT2D eigenvalue weighted by Gasteiger charge is 2.38. The molecular formula is C6H11BO3. The third-order valence-corrected chi connectivity index (χ3v) is 1.80. The fourth-order valence-corrected chi connectivity index (χ4v) is 1.11. The van der Waals surface area contributed by atoms with E-state index in [9.17, 15) is 5.11 Å². The summed E-state index contributed by atoms with van der Waals surface area (Å²) < 4.78 is 5.01. The van der Waals surface area contributed by atoms with Crippen molar-refractivity contribution in [1.82, 2.24) is 0 Å². The van der Waals surface area contributed by atoms with Crippen LogP contribution in [0.3, 0.4) is 0 Å². The zero-order chi connectivity index (χ0) is 7.72. The van der Waals surface area contributed by atoms with Crippen LogP contribution in [0.5, 0.6) is 0 Å². The van der Waals surface area contributed by atoms with Crippen LogP contribution >= 0.6 is 0 Å². The first-order valence-corrected chi connectivity index (χ1v) is 3.44. The van der Waals surface area contributed by atoms with Crippen molar-refractivity contribution in [2.45, 2.75) is 37.7 Å². The molecule has 1 aliphatic rings. The Morgan fingerprint density at radius 3 is 2.20 bits per heavy atom. The van der Waals surface area contributed by atoms with Gasteiger partial charge in [0.25, 0.3) is 0 Å². The Bertz CT molecular complexity index is 120. The van der Waals surface area contributed by atoms with E-state index in [1.165, 1.54) is 0 Å². The average Bonchev–Trinajstić information content (AvgIpc) is 2.17. The largest absolute Gasteiger partial charge is 0.388 e. The molecule has 4 atom stereocenters. The van der Waals surface area contributed by atoms with Crippen molar-refractivity contribution in [3.8, 4) is 0 Å². The molecule has 4 heteroatoms. The molecule has 1 rings (SSSR count). The predicted molar refractivity (Wildman–Crippen MR) is 36.7 cm³/mol. The number of aliphatic hydroxyl groups excluding tert-OH is 2. The second-order valence-corrected chi connectivity index (χ2v) is 2.53. The van der Waals surface area contributed by atoms with Crippen molar-refractivity contribution in [2.75, 3.05) is 0 Å². The van der Waals surface area contributed by atoms with Crippen LogP contribution in [0.4, 0.5) is 0 Å². The van der Waals surface area contributed by atoms with Crippen molar-refractivity contribution in [3.05, 3.63) is 0 Å². The van der Waals surface area contributed by atoms with E-state index in [-0.39, 0.29) is 6.10 Å². The molecule has 3 nitrogen and oxygen atoms in total. The summed E-state index contributed by atoms with van der Waals surface area (Å²) in [6.45, 7) is 1.87. The van der Waals surface area contributed by atoms with Crippen LogP contribution in [0.15, 0.2) is 0 Å². The summed E-state index contributed by atoms with van der Waals surface area (Å²) in [6, 6.07) is -0.722. The maximum absolute atomic E-state index is 9.17. The summed E-state index contributed by atoms with van der Waals surface area (Å²) in [5, 5.41) is 18.2. The lowest BCUT2D eigenvalue weighted by Crippen LogP contribution is -2.32. The number of ether oxygens (including phenoxy) is 1. The number of aliphatic hydroxyl groups is 2. The van der Waals surface area contributed by atoms with Crippen molar-refractivity contribution < 1.29 is 14.9 Å². The van der Waals surface area contributed by atoms with Crippen LogP contribution in [0.1, 0.15) is 13.3 Å². The van der Waals surface area contributed by atoms with Gasteiger partial charge in [0.1, 0.15) is 14.0 Å². The van der Waals surface area contributed by atoms with Gasteiger partial charge in [-0.1, -0.05) is 6.92 Å². The summed E-state index contributed by atoms with van der Waals surface area (Å²) in [7, 11) is 5.30. The predicted octanol–water partition coefficient (Wildman–Crippen LogP) is -0.988. The molecule has 0 aromatic heterocycles. The zero-order valence-electron chi connectivity index (χ0n) is 5.90. The van der Waals surface area contributed by atoms with E-state index in [2.05, 4.69) is 0 Å². The van der Waals surface area contributed by atoms with Gasteiger partial charge in [0.15, 0.2) is 0 Å². The molecule has 10 heavy (non-hydrogen) atoms. The van der Waals surface area contributed by atoms with E-state index < -0.39 is 18.2 Å². The number of hydrogen-bond donors (Lipinski definition) is 2. The highest BCUT2D eigenvalue weighted by atomic mass is 16.5. The van der Waals surface area contributed by atoms with E-state index in [0.29, 0.717) is 6.42 Å². The molecule has 1 fully saturated rings. The summed E-state index contributed by atoms with van der Waals surface area (Å²) in [5.41, 5.74) is 0. The molecule has 2 radical (unpaired) electrons. The van der Waals surface area contributed by atoms with Gasteiger partial charge < -0.3 is 14.9 Å². The van der Waals surface area contributed by atoms with Gasteiger partial charge in [-0.2, -0.15) is 0 Å². The third kappa shape index (κ3) is 1.19. The molecule has 0 aliphatic carbocycles. The monoisotopic (exact) mass is 142 g/mol. The van der Waals surface area contributed by atoms with Gasteiger partial charge in [0, 0.05) is 6.00 Å². The smallest absolute Gasteiger partial charge is 0.112 e. The van der Waals surface area contributed by atoms with Gasteiger partial charge in [-0.25, -0.2) is 0 Å². The summed E-state index contributed by atoms with van der Waals surface area (Å²) in [4.78, 5) is 0. The summed E-state index contributed by atoms with van der Waals surface area (Å²) in [5.74, 6) is 0. The molecule has 56 valence electrons. The summed E-state index contributed by atoms with van der Waals surface area (Å²) >= 11 is 0. The molecule has 0 bridgehead atoms. The summed E-state index contributed by atoms with van der Waals surface area (Å²) in [6.07, 6.45) is -1.37. The number of hydrogen-bond acceptors (Lipinski definition) is 3. The lowest BCUT2D eigenvalue weighted by atomic mass is 9.93. The van der Waals surface area contributed by atoms with Gasteiger partial charge in [-0.05, 0) is 6.42 Å². The third-order valence-electron chi connectivity index (χ3n) is 1.80. The average molecular weight is 142 g/mol. The second-order valence-electron chi connectivity index (χ2n) is 2.53. The Morgan fingerprint density at radius 2 is 2.00 bits per heavy atom. The maximum Gasteiger partial charge on any atom is 0.112 e. The Balaban J connectivity index is 2.53. The van der Waals surface area contributed by atoms with Crippen LogP contribution in [0.25, 0.3) is 0 Å². The molecule has 0 aromatic carbocycles. The van der Waals surface area contributed by atoms with Crippen LogP contribution in [0.2, 0.25) is 0 Å². The first-order chi connectivity index (χ1) is 4.66. The minimum atomic E-state index is -0.926. The molecule has 2 unspecified atom stereocenters. The van der Waals surface area contributed by atoms with Crippen molar-refractivity contribution in [2.24, 2.45) is 0 Å². The van der Waals surface area contributed by atoms with Gasteiger partial charge in [-0.15, -0.1) is 0 Å². The first kappa shape index (κ1) is 8.05. The minimum Gasteiger partial charge on any atom is -0.388 e. The van der Waals surface area contributed by atoms with E-state index in [0.717, 1.165) is 0 Å².